The molecule has 0 saturated carbocycles. The molecule has 1 unspecified atom stereocenters. The van der Waals surface area contributed by atoms with Gasteiger partial charge in [0.2, 0.25) is 0 Å². The first-order chi connectivity index (χ1) is 13.7. The standard InChI is InChI=1S/C23H30N4O/c1-4-21(19-13-9-7-10-14-19)22-24-27(20-15-11-8-12-16-20)23(28)26(22)18-17-25(5-2)6-3/h7-16,21H,4-6,17-18H2,1-3H3. The molecule has 0 aliphatic carbocycles. The number of likely N-dealkylation sites (N-methyl/N-ethyl adjacent to an activating group) is 1. The van der Waals surface area contributed by atoms with Crippen molar-refractivity contribution in [2.24, 2.45) is 0 Å². The molecule has 5 heteroatoms. The Morgan fingerprint density at radius 1 is 0.929 bits per heavy atom. The average Bonchev–Trinajstić information content (AvgIpc) is 3.07. The molecule has 1 aromatic heterocycles. The molecule has 0 amide bonds. The lowest BCUT2D eigenvalue weighted by atomic mass is 9.95. The molecule has 3 rings (SSSR count). The maximum absolute atomic E-state index is 13.3. The van der Waals surface area contributed by atoms with Crippen molar-refractivity contribution in [3.05, 3.63) is 82.5 Å². The van der Waals surface area contributed by atoms with Crippen LogP contribution < -0.4 is 5.69 Å². The van der Waals surface area contributed by atoms with E-state index in [0.717, 1.165) is 37.6 Å². The first kappa shape index (κ1) is 20.1. The summed E-state index contributed by atoms with van der Waals surface area (Å²) >= 11 is 0. The molecule has 148 valence electrons. The van der Waals surface area contributed by atoms with Gasteiger partial charge >= 0.3 is 5.69 Å². The van der Waals surface area contributed by atoms with Gasteiger partial charge in [-0.1, -0.05) is 69.3 Å². The predicted octanol–water partition coefficient (Wildman–Crippen LogP) is 3.92. The molecule has 0 fully saturated rings. The SMILES string of the molecule is CCC(c1ccccc1)c1nn(-c2ccccc2)c(=O)n1CCN(CC)CC. The van der Waals surface area contributed by atoms with Crippen molar-refractivity contribution in [2.75, 3.05) is 19.6 Å². The molecule has 2 aromatic carbocycles. The lowest BCUT2D eigenvalue weighted by Crippen LogP contribution is -2.32. The summed E-state index contributed by atoms with van der Waals surface area (Å²) in [6.45, 7) is 9.89. The van der Waals surface area contributed by atoms with E-state index < -0.39 is 0 Å². The van der Waals surface area contributed by atoms with Crippen molar-refractivity contribution in [3.8, 4) is 5.69 Å². The van der Waals surface area contributed by atoms with Gasteiger partial charge in [0.15, 0.2) is 0 Å². The molecule has 0 bridgehead atoms. The minimum absolute atomic E-state index is 0.0669. The molecule has 0 aliphatic heterocycles. The van der Waals surface area contributed by atoms with Gasteiger partial charge in [-0.05, 0) is 37.2 Å². The van der Waals surface area contributed by atoms with E-state index in [9.17, 15) is 4.79 Å². The summed E-state index contributed by atoms with van der Waals surface area (Å²) in [6, 6.07) is 20.0. The fourth-order valence-corrected chi connectivity index (χ4v) is 3.65. The van der Waals surface area contributed by atoms with Crippen molar-refractivity contribution in [1.82, 2.24) is 19.2 Å². The van der Waals surface area contributed by atoms with Crippen molar-refractivity contribution in [3.63, 3.8) is 0 Å². The highest BCUT2D eigenvalue weighted by atomic mass is 16.2. The number of benzene rings is 2. The van der Waals surface area contributed by atoms with Crippen LogP contribution in [0, 0.1) is 0 Å². The Labute approximate surface area is 167 Å². The van der Waals surface area contributed by atoms with Crippen LogP contribution in [0.5, 0.6) is 0 Å². The summed E-state index contributed by atoms with van der Waals surface area (Å²) in [5.74, 6) is 0.935. The van der Waals surface area contributed by atoms with Crippen LogP contribution in [0.1, 0.15) is 44.5 Å². The van der Waals surface area contributed by atoms with Crippen LogP contribution in [0.2, 0.25) is 0 Å². The highest BCUT2D eigenvalue weighted by Crippen LogP contribution is 2.26. The number of rotatable bonds is 9. The van der Waals surface area contributed by atoms with Gasteiger partial charge in [0, 0.05) is 19.0 Å². The van der Waals surface area contributed by atoms with E-state index >= 15 is 0 Å². The third-order valence-electron chi connectivity index (χ3n) is 5.35. The van der Waals surface area contributed by atoms with E-state index in [2.05, 4.69) is 37.8 Å². The monoisotopic (exact) mass is 378 g/mol. The Morgan fingerprint density at radius 2 is 1.54 bits per heavy atom. The van der Waals surface area contributed by atoms with Crippen molar-refractivity contribution in [1.29, 1.82) is 0 Å². The molecule has 0 saturated heterocycles. The van der Waals surface area contributed by atoms with Gasteiger partial charge in [-0.15, -0.1) is 5.10 Å². The smallest absolute Gasteiger partial charge is 0.302 e. The van der Waals surface area contributed by atoms with Crippen LogP contribution >= 0.6 is 0 Å². The number of hydrogen-bond acceptors (Lipinski definition) is 3. The Bertz CT molecular complexity index is 911. The molecular weight excluding hydrogens is 348 g/mol. The zero-order valence-electron chi connectivity index (χ0n) is 17.1. The van der Waals surface area contributed by atoms with Crippen LogP contribution in [0.25, 0.3) is 5.69 Å². The van der Waals surface area contributed by atoms with E-state index in [1.807, 2.05) is 53.1 Å². The number of hydrogen-bond donors (Lipinski definition) is 0. The molecule has 1 heterocycles. The summed E-state index contributed by atoms with van der Waals surface area (Å²) in [7, 11) is 0. The van der Waals surface area contributed by atoms with Gasteiger partial charge in [0.05, 0.1) is 5.69 Å². The minimum Gasteiger partial charge on any atom is -0.302 e. The lowest BCUT2D eigenvalue weighted by Gasteiger charge is -2.20. The third-order valence-corrected chi connectivity index (χ3v) is 5.35. The maximum Gasteiger partial charge on any atom is 0.350 e. The van der Waals surface area contributed by atoms with Gasteiger partial charge in [0.1, 0.15) is 5.82 Å². The van der Waals surface area contributed by atoms with Gasteiger partial charge < -0.3 is 4.90 Å². The molecule has 0 radical (unpaired) electrons. The summed E-state index contributed by atoms with van der Waals surface area (Å²) in [6.07, 6.45) is 0.889. The van der Waals surface area contributed by atoms with Crippen LogP contribution in [-0.2, 0) is 6.54 Å². The average molecular weight is 379 g/mol. The quantitative estimate of drug-likeness (QED) is 0.567. The second-order valence-corrected chi connectivity index (χ2v) is 6.94. The molecule has 1 atom stereocenters. The van der Waals surface area contributed by atoms with Crippen LogP contribution in [0.15, 0.2) is 65.5 Å². The highest BCUT2D eigenvalue weighted by molar-refractivity contribution is 5.31. The second kappa shape index (κ2) is 9.51. The maximum atomic E-state index is 13.3. The van der Waals surface area contributed by atoms with Crippen molar-refractivity contribution in [2.45, 2.75) is 39.7 Å². The van der Waals surface area contributed by atoms with Crippen molar-refractivity contribution >= 4 is 0 Å². The zero-order chi connectivity index (χ0) is 19.9. The third kappa shape index (κ3) is 4.25. The summed E-state index contributed by atoms with van der Waals surface area (Å²) in [4.78, 5) is 15.6. The minimum atomic E-state index is -0.0669. The first-order valence-corrected chi connectivity index (χ1v) is 10.2. The zero-order valence-corrected chi connectivity index (χ0v) is 17.1. The van der Waals surface area contributed by atoms with Crippen LogP contribution in [0.3, 0.4) is 0 Å². The number of nitrogens with zero attached hydrogens (tertiary/aromatic N) is 4. The molecule has 0 aliphatic rings. The Hall–Kier alpha value is -2.66. The number of aromatic nitrogens is 3. The van der Waals surface area contributed by atoms with E-state index in [1.165, 1.54) is 5.56 Å². The molecular formula is C23H30N4O. The van der Waals surface area contributed by atoms with Gasteiger partial charge in [-0.2, -0.15) is 4.68 Å². The Morgan fingerprint density at radius 3 is 2.11 bits per heavy atom. The summed E-state index contributed by atoms with van der Waals surface area (Å²) in [5, 5.41) is 4.81. The largest absolute Gasteiger partial charge is 0.350 e. The summed E-state index contributed by atoms with van der Waals surface area (Å²) < 4.78 is 3.41. The van der Waals surface area contributed by atoms with E-state index in [-0.39, 0.29) is 11.6 Å². The molecule has 3 aromatic rings. The number of para-hydroxylation sites is 1. The fraction of sp³-hybridized carbons (Fsp3) is 0.391. The van der Waals surface area contributed by atoms with E-state index in [0.29, 0.717) is 6.54 Å². The van der Waals surface area contributed by atoms with E-state index in [4.69, 9.17) is 5.10 Å². The predicted molar refractivity (Wildman–Crippen MR) is 114 cm³/mol. The molecule has 0 spiro atoms. The highest BCUT2D eigenvalue weighted by Gasteiger charge is 2.23. The molecule has 28 heavy (non-hydrogen) atoms. The summed E-state index contributed by atoms with van der Waals surface area (Å²) in [5.41, 5.74) is 1.93. The topological polar surface area (TPSA) is 43.1 Å². The fourth-order valence-electron chi connectivity index (χ4n) is 3.65. The van der Waals surface area contributed by atoms with E-state index in [1.54, 1.807) is 4.68 Å². The van der Waals surface area contributed by atoms with Crippen molar-refractivity contribution < 1.29 is 0 Å². The first-order valence-electron chi connectivity index (χ1n) is 10.2. The van der Waals surface area contributed by atoms with Gasteiger partial charge in [0.25, 0.3) is 0 Å². The van der Waals surface area contributed by atoms with Gasteiger partial charge in [-0.25, -0.2) is 4.79 Å². The van der Waals surface area contributed by atoms with Gasteiger partial charge in [-0.3, -0.25) is 4.57 Å². The van der Waals surface area contributed by atoms with Crippen LogP contribution in [-0.4, -0.2) is 38.9 Å². The Balaban J connectivity index is 2.07. The Kier molecular flexibility index (Phi) is 6.82. The second-order valence-electron chi connectivity index (χ2n) is 6.94. The molecule has 5 nitrogen and oxygen atoms in total. The normalized spacial score (nSPS) is 12.4. The molecule has 0 N–H and O–H groups in total. The van der Waals surface area contributed by atoms with Crippen LogP contribution in [0.4, 0.5) is 0 Å². The lowest BCUT2D eigenvalue weighted by molar-refractivity contribution is 0.287.